The third kappa shape index (κ3) is 3.12. The molecule has 6 heteroatoms. The summed E-state index contributed by atoms with van der Waals surface area (Å²) in [7, 11) is -0.833. The number of hydrogen-bond acceptors (Lipinski definition) is 4. The normalized spacial score (nSPS) is 14.8. The van der Waals surface area contributed by atoms with Crippen molar-refractivity contribution in [3.8, 4) is 0 Å². The summed E-state index contributed by atoms with van der Waals surface area (Å²) >= 11 is 0. The molecule has 104 valence electrons. The summed E-state index contributed by atoms with van der Waals surface area (Å²) in [6.07, 6.45) is 5.28. The van der Waals surface area contributed by atoms with Crippen LogP contribution in [0.1, 0.15) is 32.4 Å². The molecule has 0 aromatic carbocycles. The molecule has 0 aliphatic carbocycles. The molecule has 0 saturated heterocycles. The number of hydrogen-bond donors (Lipinski definition) is 1. The van der Waals surface area contributed by atoms with Crippen LogP contribution in [0.25, 0.3) is 5.52 Å². The Hall–Kier alpha value is -1.43. The van der Waals surface area contributed by atoms with E-state index in [1.54, 1.807) is 12.5 Å². The Bertz CT molecular complexity index is 593. The summed E-state index contributed by atoms with van der Waals surface area (Å²) in [5.74, 6) is 1.18. The molecule has 2 heterocycles. The van der Waals surface area contributed by atoms with Gasteiger partial charge in [0.1, 0.15) is 5.52 Å². The number of fused-ring (bicyclic) bond motifs is 1. The maximum absolute atomic E-state index is 11.4. The molecule has 2 aromatic heterocycles. The van der Waals surface area contributed by atoms with E-state index in [0.29, 0.717) is 12.5 Å². The summed E-state index contributed by atoms with van der Waals surface area (Å²) in [6.45, 7) is 6.83. The predicted octanol–water partition coefficient (Wildman–Crippen LogP) is 2.03. The van der Waals surface area contributed by atoms with E-state index in [-0.39, 0.29) is 5.25 Å². The number of rotatable bonds is 5. The van der Waals surface area contributed by atoms with Gasteiger partial charge >= 0.3 is 0 Å². The Morgan fingerprint density at radius 1 is 1.42 bits per heavy atom. The van der Waals surface area contributed by atoms with Gasteiger partial charge in [-0.15, -0.1) is 0 Å². The average molecular weight is 280 g/mol. The van der Waals surface area contributed by atoms with Crippen LogP contribution in [-0.2, 0) is 10.8 Å². The Balaban J connectivity index is 2.25. The van der Waals surface area contributed by atoms with E-state index in [9.17, 15) is 4.21 Å². The number of nitrogens with zero attached hydrogens (tertiary/aromatic N) is 3. The van der Waals surface area contributed by atoms with Gasteiger partial charge in [0.2, 0.25) is 0 Å². The first-order chi connectivity index (χ1) is 8.99. The van der Waals surface area contributed by atoms with Gasteiger partial charge in [-0.2, -0.15) is 5.10 Å². The second-order valence-electron chi connectivity index (χ2n) is 5.02. The molecule has 2 aromatic rings. The molecule has 2 atom stereocenters. The third-order valence-corrected chi connectivity index (χ3v) is 4.42. The van der Waals surface area contributed by atoms with Crippen LogP contribution in [0.15, 0.2) is 18.5 Å². The van der Waals surface area contributed by atoms with Gasteiger partial charge in [-0.25, -0.2) is 9.50 Å². The molecule has 19 heavy (non-hydrogen) atoms. The molecule has 0 bridgehead atoms. The highest BCUT2D eigenvalue weighted by molar-refractivity contribution is 7.84. The van der Waals surface area contributed by atoms with Gasteiger partial charge in [0.15, 0.2) is 5.82 Å². The number of nitrogens with one attached hydrogen (secondary N) is 1. The molecule has 2 unspecified atom stereocenters. The summed E-state index contributed by atoms with van der Waals surface area (Å²) in [4.78, 5) is 4.34. The van der Waals surface area contributed by atoms with Crippen LogP contribution < -0.4 is 5.32 Å². The highest BCUT2D eigenvalue weighted by Gasteiger charge is 2.11. The van der Waals surface area contributed by atoms with Crippen LogP contribution in [0.4, 0.5) is 5.82 Å². The SMILES string of the molecule is CC(C)c1cc2c(NCC(C)S(C)=O)nccn2n1. The van der Waals surface area contributed by atoms with Crippen LogP contribution in [0, 0.1) is 0 Å². The molecular formula is C13H20N4OS. The van der Waals surface area contributed by atoms with Gasteiger partial charge in [-0.1, -0.05) is 13.8 Å². The molecule has 0 radical (unpaired) electrons. The van der Waals surface area contributed by atoms with Crippen LogP contribution >= 0.6 is 0 Å². The summed E-state index contributed by atoms with van der Waals surface area (Å²) in [5, 5.41) is 7.86. The van der Waals surface area contributed by atoms with Gasteiger partial charge in [0.25, 0.3) is 0 Å². The van der Waals surface area contributed by atoms with Crippen LogP contribution in [0.5, 0.6) is 0 Å². The van der Waals surface area contributed by atoms with Crippen molar-refractivity contribution in [2.75, 3.05) is 18.1 Å². The van der Waals surface area contributed by atoms with E-state index >= 15 is 0 Å². The Morgan fingerprint density at radius 2 is 2.16 bits per heavy atom. The van der Waals surface area contributed by atoms with E-state index < -0.39 is 10.8 Å². The number of anilines is 1. The van der Waals surface area contributed by atoms with E-state index in [2.05, 4.69) is 29.2 Å². The molecule has 5 nitrogen and oxygen atoms in total. The zero-order valence-electron chi connectivity index (χ0n) is 11.8. The van der Waals surface area contributed by atoms with Crippen molar-refractivity contribution in [1.29, 1.82) is 0 Å². The highest BCUT2D eigenvalue weighted by atomic mass is 32.2. The van der Waals surface area contributed by atoms with Gasteiger partial charge in [0, 0.05) is 41.2 Å². The monoisotopic (exact) mass is 280 g/mol. The van der Waals surface area contributed by atoms with Gasteiger partial charge in [0.05, 0.1) is 5.69 Å². The molecule has 1 N–H and O–H groups in total. The first-order valence-corrected chi connectivity index (χ1v) is 8.01. The molecule has 0 aliphatic rings. The second-order valence-corrected chi connectivity index (χ2v) is 6.82. The molecule has 0 aliphatic heterocycles. The van der Waals surface area contributed by atoms with Crippen molar-refractivity contribution in [3.63, 3.8) is 0 Å². The highest BCUT2D eigenvalue weighted by Crippen LogP contribution is 2.19. The fraction of sp³-hybridized carbons (Fsp3) is 0.538. The van der Waals surface area contributed by atoms with Gasteiger partial charge in [-0.05, 0) is 18.9 Å². The van der Waals surface area contributed by atoms with E-state index in [1.807, 2.05) is 23.7 Å². The average Bonchev–Trinajstić information content (AvgIpc) is 2.80. The van der Waals surface area contributed by atoms with Crippen molar-refractivity contribution in [3.05, 3.63) is 24.2 Å². The lowest BCUT2D eigenvalue weighted by Crippen LogP contribution is -2.21. The zero-order chi connectivity index (χ0) is 14.0. The predicted molar refractivity (Wildman–Crippen MR) is 79.1 cm³/mol. The quantitative estimate of drug-likeness (QED) is 0.910. The fourth-order valence-corrected chi connectivity index (χ4v) is 2.04. The van der Waals surface area contributed by atoms with Crippen molar-refractivity contribution in [1.82, 2.24) is 14.6 Å². The molecular weight excluding hydrogens is 260 g/mol. The number of aromatic nitrogens is 3. The van der Waals surface area contributed by atoms with Crippen LogP contribution in [-0.4, -0.2) is 36.9 Å². The Kier molecular flexibility index (Phi) is 4.19. The molecule has 2 rings (SSSR count). The second kappa shape index (κ2) is 5.69. The fourth-order valence-electron chi connectivity index (χ4n) is 1.72. The zero-order valence-corrected chi connectivity index (χ0v) is 12.6. The smallest absolute Gasteiger partial charge is 0.152 e. The lowest BCUT2D eigenvalue weighted by atomic mass is 10.1. The van der Waals surface area contributed by atoms with Crippen molar-refractivity contribution in [2.45, 2.75) is 31.9 Å². The topological polar surface area (TPSA) is 59.3 Å². The maximum atomic E-state index is 11.4. The minimum atomic E-state index is -0.833. The first kappa shape index (κ1) is 14.0. The van der Waals surface area contributed by atoms with Crippen LogP contribution in [0.3, 0.4) is 0 Å². The third-order valence-electron chi connectivity index (χ3n) is 3.12. The minimum Gasteiger partial charge on any atom is -0.367 e. The Morgan fingerprint density at radius 3 is 2.79 bits per heavy atom. The maximum Gasteiger partial charge on any atom is 0.152 e. The largest absolute Gasteiger partial charge is 0.367 e. The van der Waals surface area contributed by atoms with E-state index in [4.69, 9.17) is 0 Å². The standard InChI is InChI=1S/C13H20N4OS/c1-9(2)11-7-12-13(14-5-6-17(12)16-11)15-8-10(3)19(4)18/h5-7,9-10H,8H2,1-4H3,(H,14,15). The van der Waals surface area contributed by atoms with Crippen molar-refractivity contribution in [2.24, 2.45) is 0 Å². The molecule has 0 saturated carbocycles. The summed E-state index contributed by atoms with van der Waals surface area (Å²) in [6, 6.07) is 2.05. The summed E-state index contributed by atoms with van der Waals surface area (Å²) < 4.78 is 13.2. The Labute approximate surface area is 115 Å². The molecule has 0 fully saturated rings. The summed E-state index contributed by atoms with van der Waals surface area (Å²) in [5.41, 5.74) is 2.00. The minimum absolute atomic E-state index is 0.0922. The lowest BCUT2D eigenvalue weighted by Gasteiger charge is -2.10. The van der Waals surface area contributed by atoms with Gasteiger partial charge < -0.3 is 5.32 Å². The van der Waals surface area contributed by atoms with Crippen molar-refractivity contribution < 1.29 is 4.21 Å². The van der Waals surface area contributed by atoms with Gasteiger partial charge in [-0.3, -0.25) is 4.21 Å². The van der Waals surface area contributed by atoms with Crippen molar-refractivity contribution >= 4 is 22.1 Å². The van der Waals surface area contributed by atoms with Crippen LogP contribution in [0.2, 0.25) is 0 Å². The molecule has 0 amide bonds. The van der Waals surface area contributed by atoms with E-state index in [0.717, 1.165) is 17.0 Å². The first-order valence-electron chi connectivity index (χ1n) is 6.39. The van der Waals surface area contributed by atoms with E-state index in [1.165, 1.54) is 0 Å². The lowest BCUT2D eigenvalue weighted by molar-refractivity contribution is 0.679. The molecule has 0 spiro atoms.